The number of benzene rings is 1. The Kier molecular flexibility index (Phi) is 4.01. The van der Waals surface area contributed by atoms with Crippen molar-refractivity contribution >= 4 is 21.6 Å². The lowest BCUT2D eigenvalue weighted by molar-refractivity contribution is -0.358. The second kappa shape index (κ2) is 5.25. The Balaban J connectivity index is 2.16. The number of halogens is 7. The van der Waals surface area contributed by atoms with Gasteiger partial charge in [0.05, 0.1) is 10.2 Å². The fourth-order valence-electron chi connectivity index (χ4n) is 1.52. The van der Waals surface area contributed by atoms with E-state index in [1.54, 1.807) is 25.1 Å². The van der Waals surface area contributed by atoms with Crippen LogP contribution in [0.15, 0.2) is 18.2 Å². The van der Waals surface area contributed by atoms with Crippen LogP contribution in [0.1, 0.15) is 5.56 Å². The molecule has 0 aliphatic heterocycles. The maximum Gasteiger partial charge on any atom is 0.460 e. The van der Waals surface area contributed by atoms with Crippen LogP contribution in [0.4, 0.5) is 30.7 Å². The lowest BCUT2D eigenvalue weighted by Crippen LogP contribution is -2.54. The summed E-state index contributed by atoms with van der Waals surface area (Å²) in [6, 6.07) is 4.89. The van der Waals surface area contributed by atoms with E-state index >= 15 is 0 Å². The van der Waals surface area contributed by atoms with E-state index in [9.17, 15) is 30.7 Å². The van der Waals surface area contributed by atoms with Gasteiger partial charge in [0.2, 0.25) is 0 Å². The standard InChI is InChI=1S/C12H8F7NOS/c1-6-2-3-7-8(4-6)22-9(20-7)21-5-10(13,14)11(15,16)12(17,18)19/h2-4H,5H2,1H3. The molecule has 2 nitrogen and oxygen atoms in total. The SMILES string of the molecule is Cc1ccc2nc(OCC(F)(F)C(F)(F)C(F)(F)F)sc2c1. The Bertz CT molecular complexity index is 680. The predicted octanol–water partition coefficient (Wildman–Crippen LogP) is 4.82. The number of thiazole rings is 1. The van der Waals surface area contributed by atoms with Gasteiger partial charge in [-0.1, -0.05) is 17.4 Å². The summed E-state index contributed by atoms with van der Waals surface area (Å²) in [7, 11) is 0. The molecule has 10 heteroatoms. The number of aromatic nitrogens is 1. The van der Waals surface area contributed by atoms with Crippen LogP contribution < -0.4 is 4.74 Å². The molecule has 2 rings (SSSR count). The van der Waals surface area contributed by atoms with Crippen molar-refractivity contribution in [2.24, 2.45) is 0 Å². The third-order valence-electron chi connectivity index (χ3n) is 2.72. The predicted molar refractivity (Wildman–Crippen MR) is 65.8 cm³/mol. The number of aryl methyl sites for hydroxylation is 1. The number of fused-ring (bicyclic) bond motifs is 1. The number of hydrogen-bond acceptors (Lipinski definition) is 3. The monoisotopic (exact) mass is 347 g/mol. The molecule has 0 bridgehead atoms. The molecule has 0 atom stereocenters. The van der Waals surface area contributed by atoms with Crippen molar-refractivity contribution in [1.82, 2.24) is 4.98 Å². The molecule has 0 aliphatic carbocycles. The van der Waals surface area contributed by atoms with Crippen LogP contribution in [-0.4, -0.2) is 29.6 Å². The summed E-state index contributed by atoms with van der Waals surface area (Å²) >= 11 is 0.777. The van der Waals surface area contributed by atoms with E-state index in [0.717, 1.165) is 16.9 Å². The van der Waals surface area contributed by atoms with E-state index in [4.69, 9.17) is 0 Å². The largest absolute Gasteiger partial charge is 0.463 e. The van der Waals surface area contributed by atoms with Crippen LogP contribution in [0.5, 0.6) is 5.19 Å². The van der Waals surface area contributed by atoms with E-state index < -0.39 is 29.8 Å². The average molecular weight is 347 g/mol. The molecule has 22 heavy (non-hydrogen) atoms. The zero-order chi connectivity index (χ0) is 16.8. The van der Waals surface area contributed by atoms with Crippen LogP contribution in [0, 0.1) is 6.92 Å². The highest BCUT2D eigenvalue weighted by molar-refractivity contribution is 7.20. The van der Waals surface area contributed by atoms with Crippen LogP contribution >= 0.6 is 11.3 Å². The first-order valence-electron chi connectivity index (χ1n) is 5.76. The zero-order valence-electron chi connectivity index (χ0n) is 10.8. The van der Waals surface area contributed by atoms with Crippen molar-refractivity contribution in [1.29, 1.82) is 0 Å². The fraction of sp³-hybridized carbons (Fsp3) is 0.417. The van der Waals surface area contributed by atoms with E-state index in [0.29, 0.717) is 10.2 Å². The Morgan fingerprint density at radius 2 is 1.73 bits per heavy atom. The van der Waals surface area contributed by atoms with E-state index in [-0.39, 0.29) is 0 Å². The van der Waals surface area contributed by atoms with Gasteiger partial charge >= 0.3 is 18.0 Å². The molecular formula is C12H8F7NOS. The topological polar surface area (TPSA) is 22.1 Å². The van der Waals surface area contributed by atoms with Gasteiger partial charge in [-0.25, -0.2) is 4.98 Å². The number of nitrogens with zero attached hydrogens (tertiary/aromatic N) is 1. The molecule has 0 saturated carbocycles. The van der Waals surface area contributed by atoms with Crippen LogP contribution in [0.3, 0.4) is 0 Å². The number of ether oxygens (including phenoxy) is 1. The van der Waals surface area contributed by atoms with E-state index in [1.165, 1.54) is 0 Å². The van der Waals surface area contributed by atoms with Gasteiger partial charge < -0.3 is 4.74 Å². The molecule has 0 aliphatic rings. The summed E-state index contributed by atoms with van der Waals surface area (Å²) < 4.78 is 92.4. The van der Waals surface area contributed by atoms with Gasteiger partial charge in [0.25, 0.3) is 5.19 Å². The van der Waals surface area contributed by atoms with Crippen LogP contribution in [-0.2, 0) is 0 Å². The highest BCUT2D eigenvalue weighted by atomic mass is 32.1. The first-order chi connectivity index (χ1) is 9.94. The van der Waals surface area contributed by atoms with Crippen LogP contribution in [0.25, 0.3) is 10.2 Å². The first kappa shape index (κ1) is 16.8. The highest BCUT2D eigenvalue weighted by Crippen LogP contribution is 2.46. The minimum atomic E-state index is -6.37. The maximum absolute atomic E-state index is 13.1. The average Bonchev–Trinajstić information content (AvgIpc) is 2.77. The van der Waals surface area contributed by atoms with Gasteiger partial charge in [0.15, 0.2) is 6.61 Å². The Morgan fingerprint density at radius 3 is 2.32 bits per heavy atom. The molecule has 0 saturated heterocycles. The minimum Gasteiger partial charge on any atom is -0.463 e. The summed E-state index contributed by atoms with van der Waals surface area (Å²) in [6.07, 6.45) is -6.37. The minimum absolute atomic E-state index is 0.372. The van der Waals surface area contributed by atoms with Gasteiger partial charge in [-0.3, -0.25) is 0 Å². The molecule has 0 spiro atoms. The third-order valence-corrected chi connectivity index (χ3v) is 3.65. The quantitative estimate of drug-likeness (QED) is 0.740. The molecule has 0 unspecified atom stereocenters. The van der Waals surface area contributed by atoms with Crippen molar-refractivity contribution in [2.45, 2.75) is 24.9 Å². The molecule has 0 amide bonds. The lowest BCUT2D eigenvalue weighted by atomic mass is 10.2. The van der Waals surface area contributed by atoms with Gasteiger partial charge in [-0.2, -0.15) is 30.7 Å². The molecule has 2 aromatic rings. The second-order valence-corrected chi connectivity index (χ2v) is 5.51. The van der Waals surface area contributed by atoms with E-state index in [2.05, 4.69) is 9.72 Å². The van der Waals surface area contributed by atoms with Gasteiger partial charge in [0.1, 0.15) is 0 Å². The van der Waals surface area contributed by atoms with Crippen molar-refractivity contribution in [3.05, 3.63) is 23.8 Å². The second-order valence-electron chi connectivity index (χ2n) is 4.52. The molecule has 122 valence electrons. The van der Waals surface area contributed by atoms with Crippen molar-refractivity contribution < 1.29 is 35.5 Å². The van der Waals surface area contributed by atoms with Gasteiger partial charge in [-0.05, 0) is 24.6 Å². The molecule has 0 radical (unpaired) electrons. The first-order valence-corrected chi connectivity index (χ1v) is 6.58. The molecule has 0 N–H and O–H groups in total. The molecule has 1 heterocycles. The van der Waals surface area contributed by atoms with Gasteiger partial charge in [0, 0.05) is 0 Å². The zero-order valence-corrected chi connectivity index (χ0v) is 11.7. The van der Waals surface area contributed by atoms with E-state index in [1.807, 2.05) is 0 Å². The molecule has 1 aromatic carbocycles. The number of hydrogen-bond donors (Lipinski definition) is 0. The maximum atomic E-state index is 13.1. The lowest BCUT2D eigenvalue weighted by Gasteiger charge is -2.27. The van der Waals surface area contributed by atoms with Gasteiger partial charge in [-0.15, -0.1) is 0 Å². The molecule has 1 aromatic heterocycles. The molecular weight excluding hydrogens is 339 g/mol. The third kappa shape index (κ3) is 2.96. The highest BCUT2D eigenvalue weighted by Gasteiger charge is 2.73. The van der Waals surface area contributed by atoms with Crippen molar-refractivity contribution in [3.63, 3.8) is 0 Å². The smallest absolute Gasteiger partial charge is 0.460 e. The number of alkyl halides is 7. The molecule has 0 fully saturated rings. The normalized spacial score (nSPS) is 13.6. The van der Waals surface area contributed by atoms with Crippen molar-refractivity contribution in [3.8, 4) is 5.19 Å². The number of rotatable bonds is 4. The Labute approximate surface area is 123 Å². The van der Waals surface area contributed by atoms with Crippen LogP contribution in [0.2, 0.25) is 0 Å². The summed E-state index contributed by atoms with van der Waals surface area (Å²) in [4.78, 5) is 3.74. The summed E-state index contributed by atoms with van der Waals surface area (Å²) in [5.74, 6) is -11.6. The Hall–Kier alpha value is -1.58. The summed E-state index contributed by atoms with van der Waals surface area (Å²) in [6.45, 7) is -0.365. The van der Waals surface area contributed by atoms with Crippen molar-refractivity contribution in [2.75, 3.05) is 6.61 Å². The summed E-state index contributed by atoms with van der Waals surface area (Å²) in [5, 5.41) is -0.404. The summed E-state index contributed by atoms with van der Waals surface area (Å²) in [5.41, 5.74) is 1.22. The fourth-order valence-corrected chi connectivity index (χ4v) is 2.44. The Morgan fingerprint density at radius 1 is 1.09 bits per heavy atom.